The Labute approximate surface area is 294 Å². The molecule has 1 fully saturated rings. The van der Waals surface area contributed by atoms with Gasteiger partial charge in [0, 0.05) is 40.7 Å². The highest BCUT2D eigenvalue weighted by Gasteiger charge is 2.30. The van der Waals surface area contributed by atoms with Gasteiger partial charge in [-0.1, -0.05) is 41.9 Å². The number of nitrogens with one attached hydrogen (secondary N) is 4. The number of anilines is 1. The van der Waals surface area contributed by atoms with E-state index in [9.17, 15) is 24.3 Å². The number of rotatable bonds is 11. The molecule has 0 saturated heterocycles. The molecule has 1 unspecified atom stereocenters. The molecular weight excluding hydrogens is 662 g/mol. The van der Waals surface area contributed by atoms with Gasteiger partial charge in [-0.25, -0.2) is 9.59 Å². The van der Waals surface area contributed by atoms with Gasteiger partial charge in [0.2, 0.25) is 17.6 Å². The van der Waals surface area contributed by atoms with Gasteiger partial charge in [0.25, 0.3) is 0 Å². The van der Waals surface area contributed by atoms with Gasteiger partial charge in [-0.15, -0.1) is 10.2 Å². The van der Waals surface area contributed by atoms with Crippen molar-refractivity contribution >= 4 is 41.2 Å². The summed E-state index contributed by atoms with van der Waals surface area (Å²) in [5.74, 6) is -1.25. The Morgan fingerprint density at radius 2 is 1.64 bits per heavy atom. The zero-order valence-corrected chi connectivity index (χ0v) is 28.8. The largest absolute Gasteiger partial charge is 0.478 e. The Kier molecular flexibility index (Phi) is 11.5. The number of hydrogen-bond acceptors (Lipinski definition) is 8. The maximum atomic E-state index is 13.7. The van der Waals surface area contributed by atoms with E-state index in [4.69, 9.17) is 16.3 Å². The normalized spacial score (nSPS) is 16.6. The fourth-order valence-corrected chi connectivity index (χ4v) is 6.11. The van der Waals surface area contributed by atoms with Gasteiger partial charge in [-0.05, 0) is 105 Å². The predicted octanol–water partition coefficient (Wildman–Crippen LogP) is 5.88. The van der Waals surface area contributed by atoms with Crippen molar-refractivity contribution in [3.8, 4) is 22.5 Å². The number of carboxylic acids is 1. The van der Waals surface area contributed by atoms with Gasteiger partial charge in [0.05, 0.1) is 5.56 Å². The summed E-state index contributed by atoms with van der Waals surface area (Å²) in [5.41, 5.74) is 3.03. The molecule has 4 aromatic rings. The number of aromatic nitrogens is 4. The Morgan fingerprint density at radius 1 is 0.960 bits per heavy atom. The molecule has 3 aromatic carbocycles. The van der Waals surface area contributed by atoms with Crippen molar-refractivity contribution in [3.05, 3.63) is 82.9 Å². The van der Waals surface area contributed by atoms with Crippen LogP contribution in [0.25, 0.3) is 22.5 Å². The average Bonchev–Trinajstić information content (AvgIpc) is 3.62. The number of hydrogen-bond donors (Lipinski definition) is 5. The number of nitrogens with zero attached hydrogens (tertiary/aromatic N) is 3. The molecule has 3 amide bonds. The highest BCUT2D eigenvalue weighted by Crippen LogP contribution is 2.31. The molecule has 0 radical (unpaired) electrons. The first kappa shape index (κ1) is 36.0. The summed E-state index contributed by atoms with van der Waals surface area (Å²) >= 11 is 6.38. The van der Waals surface area contributed by atoms with E-state index >= 15 is 0 Å². The summed E-state index contributed by atoms with van der Waals surface area (Å²) in [6, 6.07) is 18.0. The molecule has 0 spiro atoms. The number of carboxylic acid groups (broad SMARTS) is 1. The van der Waals surface area contributed by atoms with Gasteiger partial charge in [-0.3, -0.25) is 9.59 Å². The van der Waals surface area contributed by atoms with Crippen LogP contribution in [0.15, 0.2) is 66.7 Å². The van der Waals surface area contributed by atoms with E-state index in [1.54, 1.807) is 30.3 Å². The molecule has 0 aliphatic heterocycles. The molecule has 14 heteroatoms. The number of carbonyl (C=O) groups is 4. The van der Waals surface area contributed by atoms with Crippen molar-refractivity contribution in [1.82, 2.24) is 31.3 Å². The van der Waals surface area contributed by atoms with E-state index in [-0.39, 0.29) is 35.6 Å². The first-order chi connectivity index (χ1) is 23.8. The van der Waals surface area contributed by atoms with Crippen LogP contribution in [0.5, 0.6) is 0 Å². The molecule has 262 valence electrons. The Bertz CT molecular complexity index is 1800. The minimum Gasteiger partial charge on any atom is -0.478 e. The highest BCUT2D eigenvalue weighted by atomic mass is 35.5. The van der Waals surface area contributed by atoms with Gasteiger partial charge >= 0.3 is 12.1 Å². The van der Waals surface area contributed by atoms with E-state index < -0.39 is 23.7 Å². The number of tetrazole rings is 1. The third kappa shape index (κ3) is 9.88. The topological polar surface area (TPSA) is 188 Å². The lowest BCUT2D eigenvalue weighted by molar-refractivity contribution is -0.130. The van der Waals surface area contributed by atoms with E-state index in [1.807, 2.05) is 45.0 Å². The number of ether oxygens (including phenoxy) is 1. The molecule has 50 heavy (non-hydrogen) atoms. The van der Waals surface area contributed by atoms with Gasteiger partial charge in [-0.2, -0.15) is 5.21 Å². The number of H-pyrrole nitrogens is 1. The third-order valence-corrected chi connectivity index (χ3v) is 8.77. The van der Waals surface area contributed by atoms with E-state index in [0.717, 1.165) is 29.5 Å². The van der Waals surface area contributed by atoms with Gasteiger partial charge < -0.3 is 25.8 Å². The molecule has 13 nitrogen and oxygen atoms in total. The minimum absolute atomic E-state index is 0.0929. The van der Waals surface area contributed by atoms with Crippen molar-refractivity contribution in [2.24, 2.45) is 11.8 Å². The molecule has 1 atom stereocenters. The van der Waals surface area contributed by atoms with Crippen LogP contribution in [-0.4, -0.2) is 67.8 Å². The van der Waals surface area contributed by atoms with Crippen molar-refractivity contribution < 1.29 is 29.0 Å². The standard InChI is InChI=1S/C36H40ClN7O6/c1-36(2,3)50-35(49)38-20-22-6-10-25(11-7-22)32(45)40-30(33(46)39-27-15-12-24(13-16-27)31-41-43-44-42-31)18-21-4-8-23(9-5-21)28-17-14-26(34(47)48)19-29(28)37/h4-5,8-9,12-17,19,22,25,30H,6-7,10-11,18,20H2,1-3H3,(H,38,49)(H,39,46)(H,40,45)(H,47,48)(H,41,42,43,44). The molecule has 0 bridgehead atoms. The van der Waals surface area contributed by atoms with Crippen molar-refractivity contribution in [2.45, 2.75) is 64.5 Å². The molecule has 5 N–H and O–H groups in total. The molecule has 5 rings (SSSR count). The second-order valence-corrected chi connectivity index (χ2v) is 13.8. The molecule has 1 saturated carbocycles. The highest BCUT2D eigenvalue weighted by molar-refractivity contribution is 6.33. The number of halogens is 1. The summed E-state index contributed by atoms with van der Waals surface area (Å²) in [7, 11) is 0. The van der Waals surface area contributed by atoms with E-state index in [1.165, 1.54) is 12.1 Å². The summed E-state index contributed by atoms with van der Waals surface area (Å²) in [6.45, 7) is 5.92. The molecular formula is C36H40ClN7O6. The zero-order chi connectivity index (χ0) is 35.8. The van der Waals surface area contributed by atoms with Crippen LogP contribution >= 0.6 is 11.6 Å². The number of carbonyl (C=O) groups excluding carboxylic acids is 3. The lowest BCUT2D eigenvalue weighted by Crippen LogP contribution is -2.48. The van der Waals surface area contributed by atoms with Crippen molar-refractivity contribution in [2.75, 3.05) is 11.9 Å². The summed E-state index contributed by atoms with van der Waals surface area (Å²) in [6.07, 6.45) is 2.55. The number of benzene rings is 3. The first-order valence-corrected chi connectivity index (χ1v) is 16.8. The maximum absolute atomic E-state index is 13.7. The average molecular weight is 702 g/mol. The monoisotopic (exact) mass is 701 g/mol. The second-order valence-electron chi connectivity index (χ2n) is 13.4. The van der Waals surface area contributed by atoms with Crippen LogP contribution in [0, 0.1) is 11.8 Å². The summed E-state index contributed by atoms with van der Waals surface area (Å²) in [4.78, 5) is 50.6. The van der Waals surface area contributed by atoms with Crippen LogP contribution in [-0.2, 0) is 20.7 Å². The van der Waals surface area contributed by atoms with Crippen molar-refractivity contribution in [1.29, 1.82) is 0 Å². The van der Waals surface area contributed by atoms with Gasteiger partial charge in [0.1, 0.15) is 11.6 Å². The molecule has 1 aliphatic carbocycles. The smallest absolute Gasteiger partial charge is 0.407 e. The molecule has 1 aromatic heterocycles. The van der Waals surface area contributed by atoms with Crippen LogP contribution < -0.4 is 16.0 Å². The number of amides is 3. The van der Waals surface area contributed by atoms with Crippen LogP contribution in [0.4, 0.5) is 10.5 Å². The van der Waals surface area contributed by atoms with Crippen LogP contribution in [0.1, 0.15) is 62.4 Å². The Hall–Kier alpha value is -5.30. The minimum atomic E-state index is -1.06. The van der Waals surface area contributed by atoms with Crippen LogP contribution in [0.3, 0.4) is 0 Å². The zero-order valence-electron chi connectivity index (χ0n) is 28.0. The fraction of sp³-hybridized carbons (Fsp3) is 0.361. The number of aromatic carboxylic acids is 1. The quantitative estimate of drug-likeness (QED) is 0.127. The lowest BCUT2D eigenvalue weighted by atomic mass is 9.81. The van der Waals surface area contributed by atoms with E-state index in [2.05, 4.69) is 36.6 Å². The maximum Gasteiger partial charge on any atom is 0.407 e. The SMILES string of the molecule is CC(C)(C)OC(=O)NCC1CCC(C(=O)NC(Cc2ccc(-c3ccc(C(=O)O)cc3Cl)cc2)C(=O)Nc2ccc(-c3nn[nH]n3)cc2)CC1. The van der Waals surface area contributed by atoms with Crippen LogP contribution in [0.2, 0.25) is 5.02 Å². The Morgan fingerprint density at radius 3 is 2.24 bits per heavy atom. The second kappa shape index (κ2) is 15.9. The predicted molar refractivity (Wildman–Crippen MR) is 187 cm³/mol. The summed E-state index contributed by atoms with van der Waals surface area (Å²) < 4.78 is 5.33. The van der Waals surface area contributed by atoms with Gasteiger partial charge in [0.15, 0.2) is 0 Å². The third-order valence-electron chi connectivity index (χ3n) is 8.46. The molecule has 1 heterocycles. The fourth-order valence-electron chi connectivity index (χ4n) is 5.82. The molecule has 1 aliphatic rings. The van der Waals surface area contributed by atoms with E-state index in [0.29, 0.717) is 41.5 Å². The summed E-state index contributed by atoms with van der Waals surface area (Å²) in [5, 5.41) is 32.2. The Balaban J connectivity index is 1.25. The van der Waals surface area contributed by atoms with Crippen molar-refractivity contribution in [3.63, 3.8) is 0 Å². The first-order valence-electron chi connectivity index (χ1n) is 16.4. The number of alkyl carbamates (subject to hydrolysis) is 1. The lowest BCUT2D eigenvalue weighted by Gasteiger charge is -2.29. The number of aromatic amines is 1.